The molecule has 1 rings (SSSR count). The summed E-state index contributed by atoms with van der Waals surface area (Å²) in [6.45, 7) is 5.28. The molecule has 5 nitrogen and oxygen atoms in total. The van der Waals surface area contributed by atoms with Gasteiger partial charge in [-0.25, -0.2) is 13.1 Å². The minimum atomic E-state index is -3.37. The fourth-order valence-electron chi connectivity index (χ4n) is 2.14. The molecule has 6 heteroatoms. The molecular formula is C14H25N3O2S. The molecule has 0 radical (unpaired) electrons. The van der Waals surface area contributed by atoms with Gasteiger partial charge in [0.05, 0.1) is 5.75 Å². The Balaban J connectivity index is 2.65. The summed E-state index contributed by atoms with van der Waals surface area (Å²) in [5.74, 6) is -0.0856. The summed E-state index contributed by atoms with van der Waals surface area (Å²) in [5.41, 5.74) is 6.79. The monoisotopic (exact) mass is 299 g/mol. The van der Waals surface area contributed by atoms with Crippen LogP contribution in [0.5, 0.6) is 0 Å². The van der Waals surface area contributed by atoms with Gasteiger partial charge in [-0.2, -0.15) is 0 Å². The third kappa shape index (κ3) is 5.90. The Hall–Kier alpha value is -1.11. The van der Waals surface area contributed by atoms with Gasteiger partial charge in [0.1, 0.15) is 0 Å². The van der Waals surface area contributed by atoms with E-state index in [1.807, 2.05) is 32.8 Å². The number of sulfonamides is 1. The molecule has 0 heterocycles. The first-order valence-electron chi connectivity index (χ1n) is 6.57. The maximum Gasteiger partial charge on any atom is 0.215 e. The Morgan fingerprint density at radius 2 is 1.85 bits per heavy atom. The zero-order chi connectivity index (χ0) is 15.4. The number of para-hydroxylation sites is 1. The average Bonchev–Trinajstić information content (AvgIpc) is 2.28. The lowest BCUT2D eigenvalue weighted by Gasteiger charge is -2.28. The van der Waals surface area contributed by atoms with Gasteiger partial charge in [0.25, 0.3) is 0 Å². The van der Waals surface area contributed by atoms with Gasteiger partial charge in [0.15, 0.2) is 0 Å². The van der Waals surface area contributed by atoms with Crippen LogP contribution in [-0.4, -0.2) is 40.5 Å². The zero-order valence-corrected chi connectivity index (χ0v) is 13.5. The van der Waals surface area contributed by atoms with Crippen LogP contribution in [0.25, 0.3) is 0 Å². The number of anilines is 1. The Kier molecular flexibility index (Phi) is 5.56. The number of nitrogens with zero attached hydrogens (tertiary/aromatic N) is 1. The lowest BCUT2D eigenvalue weighted by atomic mass is 9.93. The van der Waals surface area contributed by atoms with Gasteiger partial charge >= 0.3 is 0 Å². The van der Waals surface area contributed by atoms with E-state index in [4.69, 9.17) is 5.73 Å². The number of nitrogens with one attached hydrogen (secondary N) is 1. The van der Waals surface area contributed by atoms with Crippen LogP contribution < -0.4 is 10.5 Å². The zero-order valence-electron chi connectivity index (χ0n) is 12.7. The SMILES string of the molecule is CN(C)CC(C)(C)CNS(=O)(=O)Cc1ccccc1N. The maximum atomic E-state index is 12.1. The first-order valence-corrected chi connectivity index (χ1v) is 8.22. The van der Waals surface area contributed by atoms with Crippen molar-refractivity contribution in [3.05, 3.63) is 29.8 Å². The highest BCUT2D eigenvalue weighted by Gasteiger charge is 2.22. The normalized spacial score (nSPS) is 12.8. The van der Waals surface area contributed by atoms with E-state index in [1.54, 1.807) is 24.3 Å². The molecule has 0 saturated carbocycles. The van der Waals surface area contributed by atoms with Crippen molar-refractivity contribution in [3.8, 4) is 0 Å². The Labute approximate surface area is 122 Å². The lowest BCUT2D eigenvalue weighted by Crippen LogP contribution is -2.40. The molecule has 114 valence electrons. The van der Waals surface area contributed by atoms with E-state index in [2.05, 4.69) is 4.72 Å². The van der Waals surface area contributed by atoms with Crippen molar-refractivity contribution in [1.29, 1.82) is 0 Å². The number of hydrogen-bond donors (Lipinski definition) is 2. The number of benzene rings is 1. The van der Waals surface area contributed by atoms with Gasteiger partial charge in [-0.15, -0.1) is 0 Å². The summed E-state index contributed by atoms with van der Waals surface area (Å²) in [5, 5.41) is 0. The van der Waals surface area contributed by atoms with Crippen LogP contribution in [-0.2, 0) is 15.8 Å². The van der Waals surface area contributed by atoms with E-state index < -0.39 is 10.0 Å². The van der Waals surface area contributed by atoms with E-state index >= 15 is 0 Å². The van der Waals surface area contributed by atoms with E-state index in [1.165, 1.54) is 0 Å². The summed E-state index contributed by atoms with van der Waals surface area (Å²) in [7, 11) is 0.572. The van der Waals surface area contributed by atoms with E-state index in [0.717, 1.165) is 6.54 Å². The van der Waals surface area contributed by atoms with Crippen LogP contribution in [0.4, 0.5) is 5.69 Å². The second-order valence-electron chi connectivity index (χ2n) is 6.18. The summed E-state index contributed by atoms with van der Waals surface area (Å²) in [4.78, 5) is 2.05. The van der Waals surface area contributed by atoms with Crippen LogP contribution in [0.3, 0.4) is 0 Å². The molecule has 0 atom stereocenters. The smallest absolute Gasteiger partial charge is 0.215 e. The maximum absolute atomic E-state index is 12.1. The van der Waals surface area contributed by atoms with E-state index in [0.29, 0.717) is 17.8 Å². The molecule has 20 heavy (non-hydrogen) atoms. The molecule has 0 aliphatic heterocycles. The third-order valence-electron chi connectivity index (χ3n) is 2.92. The van der Waals surface area contributed by atoms with Gasteiger partial charge in [-0.05, 0) is 31.1 Å². The van der Waals surface area contributed by atoms with Crippen LogP contribution in [0.2, 0.25) is 0 Å². The summed E-state index contributed by atoms with van der Waals surface area (Å²) in [6, 6.07) is 7.02. The van der Waals surface area contributed by atoms with Gasteiger partial charge in [-0.1, -0.05) is 32.0 Å². The minimum Gasteiger partial charge on any atom is -0.398 e. The lowest BCUT2D eigenvalue weighted by molar-refractivity contribution is 0.242. The second kappa shape index (κ2) is 6.56. The highest BCUT2D eigenvalue weighted by Crippen LogP contribution is 2.17. The molecular weight excluding hydrogens is 274 g/mol. The topological polar surface area (TPSA) is 75.4 Å². The molecule has 0 aliphatic rings. The van der Waals surface area contributed by atoms with Crippen molar-refractivity contribution in [2.24, 2.45) is 5.41 Å². The van der Waals surface area contributed by atoms with Gasteiger partial charge in [0.2, 0.25) is 10.0 Å². The summed E-state index contributed by atoms with van der Waals surface area (Å²) >= 11 is 0. The number of hydrogen-bond acceptors (Lipinski definition) is 4. The predicted octanol–water partition coefficient (Wildman–Crippen LogP) is 1.28. The molecule has 0 aromatic heterocycles. The second-order valence-corrected chi connectivity index (χ2v) is 7.99. The molecule has 0 bridgehead atoms. The summed E-state index contributed by atoms with van der Waals surface area (Å²) < 4.78 is 26.9. The Morgan fingerprint density at radius 3 is 2.40 bits per heavy atom. The molecule has 0 unspecified atom stereocenters. The standard InChI is InChI=1S/C14H25N3O2S/c1-14(2,11-17(3)4)10-16-20(18,19)9-12-7-5-6-8-13(12)15/h5-8,16H,9-11,15H2,1-4H3. The predicted molar refractivity (Wildman–Crippen MR) is 83.8 cm³/mol. The van der Waals surface area contributed by atoms with Gasteiger partial charge in [0, 0.05) is 18.8 Å². The number of nitrogen functional groups attached to an aromatic ring is 1. The fourth-order valence-corrected chi connectivity index (χ4v) is 3.52. The van der Waals surface area contributed by atoms with Crippen molar-refractivity contribution < 1.29 is 8.42 Å². The Bertz CT molecular complexity index is 539. The molecule has 3 N–H and O–H groups in total. The van der Waals surface area contributed by atoms with Crippen molar-refractivity contribution >= 4 is 15.7 Å². The van der Waals surface area contributed by atoms with E-state index in [-0.39, 0.29) is 11.2 Å². The van der Waals surface area contributed by atoms with Gasteiger partial charge in [-0.3, -0.25) is 0 Å². The van der Waals surface area contributed by atoms with Crippen LogP contribution in [0.15, 0.2) is 24.3 Å². The van der Waals surface area contributed by atoms with Crippen LogP contribution in [0, 0.1) is 5.41 Å². The molecule has 0 aliphatic carbocycles. The first kappa shape index (κ1) is 16.9. The quantitative estimate of drug-likeness (QED) is 0.744. The number of nitrogens with two attached hydrogens (primary N) is 1. The van der Waals surface area contributed by atoms with E-state index in [9.17, 15) is 8.42 Å². The Morgan fingerprint density at radius 1 is 1.25 bits per heavy atom. The largest absolute Gasteiger partial charge is 0.398 e. The fraction of sp³-hybridized carbons (Fsp3) is 0.571. The average molecular weight is 299 g/mol. The van der Waals surface area contributed by atoms with Crippen LogP contribution >= 0.6 is 0 Å². The molecule has 0 spiro atoms. The van der Waals surface area contributed by atoms with Crippen molar-refractivity contribution in [3.63, 3.8) is 0 Å². The minimum absolute atomic E-state index is 0.0856. The van der Waals surface area contributed by atoms with Crippen molar-refractivity contribution in [1.82, 2.24) is 9.62 Å². The summed E-state index contributed by atoms with van der Waals surface area (Å²) in [6.07, 6.45) is 0. The first-order chi connectivity index (χ1) is 9.11. The van der Waals surface area contributed by atoms with Crippen molar-refractivity contribution in [2.75, 3.05) is 32.9 Å². The third-order valence-corrected chi connectivity index (χ3v) is 4.19. The van der Waals surface area contributed by atoms with Crippen molar-refractivity contribution in [2.45, 2.75) is 19.6 Å². The number of rotatable bonds is 7. The molecule has 1 aromatic rings. The highest BCUT2D eigenvalue weighted by molar-refractivity contribution is 7.88. The highest BCUT2D eigenvalue weighted by atomic mass is 32.2. The molecule has 0 saturated heterocycles. The van der Waals surface area contributed by atoms with Crippen LogP contribution in [0.1, 0.15) is 19.4 Å². The van der Waals surface area contributed by atoms with Gasteiger partial charge < -0.3 is 10.6 Å². The molecule has 0 amide bonds. The molecule has 1 aromatic carbocycles. The molecule has 0 fully saturated rings.